The highest BCUT2D eigenvalue weighted by Crippen LogP contribution is 2.41. The van der Waals surface area contributed by atoms with Crippen LogP contribution in [0.1, 0.15) is 46.1 Å². The Hall–Kier alpha value is -1.50. The van der Waals surface area contributed by atoms with Crippen LogP contribution in [0.5, 0.6) is 0 Å². The average molecular weight is 365 g/mol. The van der Waals surface area contributed by atoms with Crippen molar-refractivity contribution in [1.82, 2.24) is 9.38 Å². The van der Waals surface area contributed by atoms with Crippen molar-refractivity contribution in [3.63, 3.8) is 0 Å². The highest BCUT2D eigenvalue weighted by atomic mass is 35.5. The smallest absolute Gasteiger partial charge is 0.195 e. The van der Waals surface area contributed by atoms with Crippen molar-refractivity contribution in [2.24, 2.45) is 5.41 Å². The number of thiazole rings is 1. The zero-order valence-electron chi connectivity index (χ0n) is 12.6. The van der Waals surface area contributed by atoms with Crippen molar-refractivity contribution in [1.29, 1.82) is 0 Å². The molecule has 0 N–H and O–H groups in total. The molecule has 0 atom stereocenters. The summed E-state index contributed by atoms with van der Waals surface area (Å²) in [6.07, 6.45) is 2.12. The quantitative estimate of drug-likeness (QED) is 0.617. The van der Waals surface area contributed by atoms with E-state index in [1.54, 1.807) is 6.07 Å². The summed E-state index contributed by atoms with van der Waals surface area (Å²) >= 11 is 8.77. The van der Waals surface area contributed by atoms with E-state index in [-0.39, 0.29) is 11.2 Å². The van der Waals surface area contributed by atoms with Crippen molar-refractivity contribution in [2.45, 2.75) is 26.7 Å². The first-order valence-electron chi connectivity index (χ1n) is 7.18. The predicted molar refractivity (Wildman–Crippen MR) is 93.2 cm³/mol. The molecular formula is C16H13ClN2O2S2. The molecule has 0 spiro atoms. The Morgan fingerprint density at radius 1 is 1.30 bits per heavy atom. The van der Waals surface area contributed by atoms with Crippen molar-refractivity contribution < 1.29 is 9.59 Å². The lowest BCUT2D eigenvalue weighted by Crippen LogP contribution is -2.27. The maximum Gasteiger partial charge on any atom is 0.195 e. The van der Waals surface area contributed by atoms with E-state index in [0.29, 0.717) is 27.1 Å². The second kappa shape index (κ2) is 5.00. The Labute approximate surface area is 145 Å². The van der Waals surface area contributed by atoms with Gasteiger partial charge < -0.3 is 0 Å². The molecule has 0 amide bonds. The Morgan fingerprint density at radius 2 is 2.09 bits per heavy atom. The topological polar surface area (TPSA) is 51.4 Å². The van der Waals surface area contributed by atoms with Crippen LogP contribution in [-0.2, 0) is 6.42 Å². The van der Waals surface area contributed by atoms with Gasteiger partial charge in [-0.05, 0) is 24.0 Å². The monoisotopic (exact) mass is 364 g/mol. The number of carbonyl (C=O) groups is 2. The number of thiophene rings is 1. The molecule has 0 bridgehead atoms. The van der Waals surface area contributed by atoms with E-state index in [1.807, 2.05) is 10.5 Å². The average Bonchev–Trinajstić information content (AvgIpc) is 3.11. The molecule has 0 radical (unpaired) electrons. The van der Waals surface area contributed by atoms with Crippen LogP contribution in [0.4, 0.5) is 0 Å². The molecule has 1 aliphatic carbocycles. The minimum Gasteiger partial charge on any atom is -0.296 e. The molecular weight excluding hydrogens is 352 g/mol. The fraction of sp³-hybridized carbons (Fsp3) is 0.312. The van der Waals surface area contributed by atoms with Gasteiger partial charge in [0.15, 0.2) is 17.0 Å². The van der Waals surface area contributed by atoms with Crippen molar-refractivity contribution in [3.8, 4) is 10.6 Å². The Morgan fingerprint density at radius 3 is 2.74 bits per heavy atom. The second-order valence-electron chi connectivity index (χ2n) is 6.50. The van der Waals surface area contributed by atoms with E-state index < -0.39 is 0 Å². The second-order valence-corrected chi connectivity index (χ2v) is 9.20. The molecule has 3 aromatic heterocycles. The van der Waals surface area contributed by atoms with Crippen molar-refractivity contribution in [2.75, 3.05) is 0 Å². The van der Waals surface area contributed by atoms with E-state index in [0.717, 1.165) is 28.2 Å². The van der Waals surface area contributed by atoms with Gasteiger partial charge in [-0.2, -0.15) is 0 Å². The van der Waals surface area contributed by atoms with Gasteiger partial charge >= 0.3 is 0 Å². The van der Waals surface area contributed by atoms with Crippen LogP contribution < -0.4 is 0 Å². The summed E-state index contributed by atoms with van der Waals surface area (Å²) in [6, 6.07) is 3.67. The van der Waals surface area contributed by atoms with E-state index in [2.05, 4.69) is 18.8 Å². The maximum atomic E-state index is 12.4. The number of halogens is 1. The number of aldehydes is 1. The maximum absolute atomic E-state index is 12.4. The first-order valence-corrected chi connectivity index (χ1v) is 9.19. The van der Waals surface area contributed by atoms with Gasteiger partial charge in [-0.1, -0.05) is 36.8 Å². The highest BCUT2D eigenvalue weighted by Gasteiger charge is 2.35. The first kappa shape index (κ1) is 15.1. The van der Waals surface area contributed by atoms with Crippen LogP contribution in [-0.4, -0.2) is 21.5 Å². The number of carbonyl (C=O) groups excluding carboxylic acids is 2. The van der Waals surface area contributed by atoms with Gasteiger partial charge in [-0.3, -0.25) is 14.0 Å². The first-order chi connectivity index (χ1) is 10.9. The molecule has 7 heteroatoms. The summed E-state index contributed by atoms with van der Waals surface area (Å²) in [7, 11) is 0. The minimum atomic E-state index is -0.102. The number of aromatic nitrogens is 2. The predicted octanol–water partition coefficient (Wildman–Crippen LogP) is 4.75. The third-order valence-corrected chi connectivity index (χ3v) is 6.43. The lowest BCUT2D eigenvalue weighted by molar-refractivity contribution is 0.0914. The number of nitrogens with zero attached hydrogens (tertiary/aromatic N) is 2. The minimum absolute atomic E-state index is 0.102. The van der Waals surface area contributed by atoms with Gasteiger partial charge in [-0.15, -0.1) is 11.3 Å². The molecule has 0 aliphatic heterocycles. The molecule has 4 rings (SSSR count). The van der Waals surface area contributed by atoms with E-state index in [1.165, 1.54) is 22.7 Å². The normalized spacial score (nSPS) is 16.7. The molecule has 0 aromatic carbocycles. The molecule has 118 valence electrons. The highest BCUT2D eigenvalue weighted by molar-refractivity contribution is 7.20. The van der Waals surface area contributed by atoms with Crippen LogP contribution in [0.25, 0.3) is 15.5 Å². The van der Waals surface area contributed by atoms with Crippen molar-refractivity contribution >= 4 is 51.3 Å². The standard InChI is InChI=1S/C16H13ClN2O2S2/c1-16(2)5-8-14(10(21)6-16)23-15-18-13(9(7-20)19(8)15)11-3-4-12(17)22-11/h3-4,7H,5-6H2,1-2H3. The van der Waals surface area contributed by atoms with E-state index in [4.69, 9.17) is 11.6 Å². The Bertz CT molecular complexity index is 964. The number of hydrogen-bond acceptors (Lipinski definition) is 5. The third kappa shape index (κ3) is 2.28. The van der Waals surface area contributed by atoms with Gasteiger partial charge in [0.05, 0.1) is 14.1 Å². The largest absolute Gasteiger partial charge is 0.296 e. The van der Waals surface area contributed by atoms with Crippen LogP contribution >= 0.6 is 34.3 Å². The molecule has 4 nitrogen and oxygen atoms in total. The lowest BCUT2D eigenvalue weighted by Gasteiger charge is -2.28. The molecule has 0 fully saturated rings. The summed E-state index contributed by atoms with van der Waals surface area (Å²) in [5.41, 5.74) is 1.95. The molecule has 3 aromatic rings. The summed E-state index contributed by atoms with van der Waals surface area (Å²) in [5.74, 6) is 0.143. The fourth-order valence-electron chi connectivity index (χ4n) is 3.13. The van der Waals surface area contributed by atoms with Gasteiger partial charge in [0.1, 0.15) is 11.4 Å². The number of fused-ring (bicyclic) bond motifs is 3. The molecule has 0 saturated heterocycles. The van der Waals surface area contributed by atoms with Gasteiger partial charge in [-0.25, -0.2) is 4.98 Å². The number of hydrogen-bond donors (Lipinski definition) is 0. The number of rotatable bonds is 2. The lowest BCUT2D eigenvalue weighted by atomic mass is 9.78. The van der Waals surface area contributed by atoms with Crippen LogP contribution in [0.2, 0.25) is 4.34 Å². The molecule has 23 heavy (non-hydrogen) atoms. The molecule has 0 unspecified atom stereocenters. The molecule has 0 saturated carbocycles. The van der Waals surface area contributed by atoms with Gasteiger partial charge in [0.25, 0.3) is 0 Å². The van der Waals surface area contributed by atoms with Crippen molar-refractivity contribution in [3.05, 3.63) is 32.7 Å². The number of Topliss-reactive ketones (excluding diaryl/α,β-unsaturated/α-hetero) is 1. The number of ketones is 1. The zero-order chi connectivity index (χ0) is 16.4. The summed E-state index contributed by atoms with van der Waals surface area (Å²) < 4.78 is 2.51. The third-order valence-electron chi connectivity index (χ3n) is 4.06. The summed E-state index contributed by atoms with van der Waals surface area (Å²) in [6.45, 7) is 4.16. The SMILES string of the molecule is CC1(C)CC(=O)c2sc3nc(-c4ccc(Cl)s4)c(C=O)n3c2C1. The van der Waals surface area contributed by atoms with Crippen LogP contribution in [0.3, 0.4) is 0 Å². The number of imidazole rings is 1. The Balaban J connectivity index is 1.99. The van der Waals surface area contributed by atoms with Gasteiger partial charge in [0.2, 0.25) is 0 Å². The van der Waals surface area contributed by atoms with E-state index in [9.17, 15) is 9.59 Å². The Kier molecular flexibility index (Phi) is 3.27. The fourth-order valence-corrected chi connectivity index (χ4v) is 5.26. The van der Waals surface area contributed by atoms with E-state index >= 15 is 0 Å². The molecule has 3 heterocycles. The summed E-state index contributed by atoms with van der Waals surface area (Å²) in [4.78, 5) is 31.0. The summed E-state index contributed by atoms with van der Waals surface area (Å²) in [5, 5.41) is 0. The molecule has 1 aliphatic rings. The van der Waals surface area contributed by atoms with Crippen LogP contribution in [0, 0.1) is 5.41 Å². The van der Waals surface area contributed by atoms with Gasteiger partial charge in [0, 0.05) is 12.1 Å². The zero-order valence-corrected chi connectivity index (χ0v) is 14.9. The van der Waals surface area contributed by atoms with Crippen LogP contribution in [0.15, 0.2) is 12.1 Å².